The maximum Gasteiger partial charge on any atom is 0.317 e. The van der Waals surface area contributed by atoms with Gasteiger partial charge in [0.05, 0.1) is 5.92 Å². The van der Waals surface area contributed by atoms with Gasteiger partial charge >= 0.3 is 12.0 Å². The molecule has 112 valence electrons. The van der Waals surface area contributed by atoms with Crippen molar-refractivity contribution in [3.8, 4) is 0 Å². The number of urea groups is 1. The Morgan fingerprint density at radius 3 is 2.33 bits per heavy atom. The Bertz CT molecular complexity index is 547. The number of amides is 2. The van der Waals surface area contributed by atoms with Crippen LogP contribution in [-0.4, -0.2) is 41.1 Å². The minimum atomic E-state index is -0.814. The van der Waals surface area contributed by atoms with Crippen molar-refractivity contribution in [2.45, 2.75) is 25.8 Å². The second kappa shape index (κ2) is 5.39. The van der Waals surface area contributed by atoms with Gasteiger partial charge < -0.3 is 15.3 Å². The van der Waals surface area contributed by atoms with E-state index in [1.807, 2.05) is 19.1 Å². The third-order valence-electron chi connectivity index (χ3n) is 4.60. The van der Waals surface area contributed by atoms with Gasteiger partial charge in [0.1, 0.15) is 0 Å². The fourth-order valence-electron chi connectivity index (χ4n) is 3.38. The van der Waals surface area contributed by atoms with Crippen molar-refractivity contribution in [2.24, 2.45) is 11.8 Å². The highest BCUT2D eigenvalue weighted by atomic mass is 16.4. The molecule has 2 aliphatic rings. The zero-order valence-corrected chi connectivity index (χ0v) is 12.1. The van der Waals surface area contributed by atoms with Gasteiger partial charge in [-0.15, -0.1) is 0 Å². The monoisotopic (exact) mass is 288 g/mol. The maximum absolute atomic E-state index is 12.3. The quantitative estimate of drug-likeness (QED) is 0.867. The molecule has 1 heterocycles. The molecule has 2 atom stereocenters. The molecule has 0 spiro atoms. The molecule has 1 aliphatic heterocycles. The van der Waals surface area contributed by atoms with Gasteiger partial charge in [0.15, 0.2) is 0 Å². The summed E-state index contributed by atoms with van der Waals surface area (Å²) >= 11 is 0. The van der Waals surface area contributed by atoms with Crippen molar-refractivity contribution < 1.29 is 14.7 Å². The number of hydrogen-bond acceptors (Lipinski definition) is 2. The van der Waals surface area contributed by atoms with E-state index in [-0.39, 0.29) is 18.0 Å². The average Bonchev–Trinajstić information content (AvgIpc) is 3.01. The molecule has 3 rings (SSSR count). The Balaban J connectivity index is 1.58. The molecule has 1 aromatic rings. The van der Waals surface area contributed by atoms with Gasteiger partial charge in [-0.3, -0.25) is 4.79 Å². The molecule has 5 nitrogen and oxygen atoms in total. The molecule has 0 saturated carbocycles. The Labute approximate surface area is 123 Å². The Morgan fingerprint density at radius 1 is 1.19 bits per heavy atom. The lowest BCUT2D eigenvalue weighted by molar-refractivity contribution is -0.142. The van der Waals surface area contributed by atoms with Gasteiger partial charge in [-0.05, 0) is 29.9 Å². The van der Waals surface area contributed by atoms with Crippen LogP contribution in [0.4, 0.5) is 4.79 Å². The minimum Gasteiger partial charge on any atom is -0.481 e. The first-order valence-corrected chi connectivity index (χ1v) is 7.39. The number of carbonyl (C=O) groups excluding carboxylic acids is 1. The fraction of sp³-hybridized carbons (Fsp3) is 0.500. The summed E-state index contributed by atoms with van der Waals surface area (Å²) in [4.78, 5) is 25.0. The molecule has 2 amide bonds. The van der Waals surface area contributed by atoms with Crippen LogP contribution in [0.5, 0.6) is 0 Å². The van der Waals surface area contributed by atoms with Gasteiger partial charge in [0, 0.05) is 19.1 Å². The number of nitrogens with zero attached hydrogens (tertiary/aromatic N) is 1. The number of nitrogens with one attached hydrogen (secondary N) is 1. The third kappa shape index (κ3) is 2.73. The Kier molecular flexibility index (Phi) is 3.57. The zero-order valence-electron chi connectivity index (χ0n) is 12.1. The smallest absolute Gasteiger partial charge is 0.317 e. The Hall–Kier alpha value is -2.04. The molecule has 1 aromatic carbocycles. The second-order valence-electron chi connectivity index (χ2n) is 6.15. The number of hydrogen-bond donors (Lipinski definition) is 2. The van der Waals surface area contributed by atoms with Crippen molar-refractivity contribution in [3.05, 3.63) is 35.4 Å². The minimum absolute atomic E-state index is 0.00836. The van der Waals surface area contributed by atoms with Crippen LogP contribution >= 0.6 is 0 Å². The van der Waals surface area contributed by atoms with Crippen molar-refractivity contribution >= 4 is 12.0 Å². The number of fused-ring (bicyclic) bond motifs is 1. The molecule has 5 heteroatoms. The van der Waals surface area contributed by atoms with Crippen LogP contribution < -0.4 is 5.32 Å². The van der Waals surface area contributed by atoms with Gasteiger partial charge in [0.25, 0.3) is 0 Å². The van der Waals surface area contributed by atoms with E-state index in [0.29, 0.717) is 13.1 Å². The number of aliphatic carboxylic acids is 1. The Morgan fingerprint density at radius 2 is 1.81 bits per heavy atom. The third-order valence-corrected chi connectivity index (χ3v) is 4.60. The van der Waals surface area contributed by atoms with E-state index in [1.54, 1.807) is 4.90 Å². The maximum atomic E-state index is 12.3. The van der Waals surface area contributed by atoms with Gasteiger partial charge in [-0.25, -0.2) is 4.79 Å². The molecule has 0 bridgehead atoms. The molecule has 1 saturated heterocycles. The molecular formula is C16H20N2O3. The number of likely N-dealkylation sites (tertiary alicyclic amines) is 1. The fourth-order valence-corrected chi connectivity index (χ4v) is 3.38. The van der Waals surface area contributed by atoms with E-state index < -0.39 is 11.9 Å². The summed E-state index contributed by atoms with van der Waals surface area (Å²) in [7, 11) is 0. The first kappa shape index (κ1) is 13.9. The van der Waals surface area contributed by atoms with Crippen molar-refractivity contribution in [3.63, 3.8) is 0 Å². The second-order valence-corrected chi connectivity index (χ2v) is 6.15. The number of rotatable bonds is 2. The lowest BCUT2D eigenvalue weighted by atomic mass is 9.99. The first-order chi connectivity index (χ1) is 10.0. The molecule has 0 unspecified atom stereocenters. The standard InChI is InChI=1S/C16H20N2O3/c1-10-8-18(9-14(10)15(19)20)16(21)17-13-6-11-4-2-3-5-12(11)7-13/h2-5,10,13-14H,6-9H2,1H3,(H,17,21)(H,19,20)/t10-,14-/m1/s1. The van der Waals surface area contributed by atoms with Crippen LogP contribution in [0, 0.1) is 11.8 Å². The van der Waals surface area contributed by atoms with E-state index in [2.05, 4.69) is 17.4 Å². The summed E-state index contributed by atoms with van der Waals surface area (Å²) in [5.41, 5.74) is 2.59. The number of carboxylic acid groups (broad SMARTS) is 1. The topological polar surface area (TPSA) is 69.6 Å². The normalized spacial score (nSPS) is 24.9. The highest BCUT2D eigenvalue weighted by Crippen LogP contribution is 2.25. The van der Waals surface area contributed by atoms with Crippen molar-refractivity contribution in [2.75, 3.05) is 13.1 Å². The van der Waals surface area contributed by atoms with Gasteiger partial charge in [-0.1, -0.05) is 31.2 Å². The first-order valence-electron chi connectivity index (χ1n) is 7.39. The van der Waals surface area contributed by atoms with E-state index in [4.69, 9.17) is 5.11 Å². The van der Waals surface area contributed by atoms with E-state index in [1.165, 1.54) is 11.1 Å². The largest absolute Gasteiger partial charge is 0.481 e. The molecule has 0 radical (unpaired) electrons. The van der Waals surface area contributed by atoms with Crippen molar-refractivity contribution in [1.82, 2.24) is 10.2 Å². The molecular weight excluding hydrogens is 268 g/mol. The molecule has 21 heavy (non-hydrogen) atoms. The summed E-state index contributed by atoms with van der Waals surface area (Å²) in [6.07, 6.45) is 1.71. The SMILES string of the molecule is C[C@@H]1CN(C(=O)NC2Cc3ccccc3C2)C[C@H]1C(=O)O. The number of carbonyl (C=O) groups is 2. The molecule has 0 aromatic heterocycles. The van der Waals surface area contributed by atoms with Crippen LogP contribution in [0.25, 0.3) is 0 Å². The summed E-state index contributed by atoms with van der Waals surface area (Å²) in [6, 6.07) is 8.21. The van der Waals surface area contributed by atoms with Crippen LogP contribution in [-0.2, 0) is 17.6 Å². The molecule has 1 fully saturated rings. The van der Waals surface area contributed by atoms with E-state index in [0.717, 1.165) is 12.8 Å². The van der Waals surface area contributed by atoms with E-state index >= 15 is 0 Å². The average molecular weight is 288 g/mol. The summed E-state index contributed by atoms with van der Waals surface area (Å²) in [6.45, 7) is 2.71. The molecule has 1 aliphatic carbocycles. The number of carboxylic acids is 1. The lowest BCUT2D eigenvalue weighted by Crippen LogP contribution is -2.44. The summed E-state index contributed by atoms with van der Waals surface area (Å²) in [5.74, 6) is -1.25. The van der Waals surface area contributed by atoms with Crippen LogP contribution in [0.15, 0.2) is 24.3 Å². The van der Waals surface area contributed by atoms with E-state index in [9.17, 15) is 9.59 Å². The number of benzene rings is 1. The van der Waals surface area contributed by atoms with Gasteiger partial charge in [-0.2, -0.15) is 0 Å². The lowest BCUT2D eigenvalue weighted by Gasteiger charge is -2.20. The van der Waals surface area contributed by atoms with Crippen molar-refractivity contribution in [1.29, 1.82) is 0 Å². The summed E-state index contributed by atoms with van der Waals surface area (Å²) in [5, 5.41) is 12.2. The summed E-state index contributed by atoms with van der Waals surface area (Å²) < 4.78 is 0. The molecule has 2 N–H and O–H groups in total. The zero-order chi connectivity index (χ0) is 15.0. The van der Waals surface area contributed by atoms with Crippen LogP contribution in [0.3, 0.4) is 0 Å². The predicted molar refractivity (Wildman–Crippen MR) is 78.0 cm³/mol. The highest BCUT2D eigenvalue weighted by molar-refractivity contribution is 5.78. The van der Waals surface area contributed by atoms with Gasteiger partial charge in [0.2, 0.25) is 0 Å². The predicted octanol–water partition coefficient (Wildman–Crippen LogP) is 1.52. The van der Waals surface area contributed by atoms with Crippen LogP contribution in [0.1, 0.15) is 18.1 Å². The van der Waals surface area contributed by atoms with Crippen LogP contribution in [0.2, 0.25) is 0 Å². The highest BCUT2D eigenvalue weighted by Gasteiger charge is 2.37.